The van der Waals surface area contributed by atoms with E-state index >= 15 is 0 Å². The van der Waals surface area contributed by atoms with Gasteiger partial charge in [0.25, 0.3) is 0 Å². The zero-order valence-corrected chi connectivity index (χ0v) is 15.7. The van der Waals surface area contributed by atoms with Gasteiger partial charge in [-0.1, -0.05) is 66.0 Å². The lowest BCUT2D eigenvalue weighted by Crippen LogP contribution is -2.22. The first-order chi connectivity index (χ1) is 10.9. The Morgan fingerprint density at radius 2 is 1.52 bits per heavy atom. The Labute approximate surface area is 142 Å². The Hall–Kier alpha value is -1.51. The largest absolute Gasteiger partial charge is 0.514 e. The minimum absolute atomic E-state index is 0.142. The smallest absolute Gasteiger partial charge is 0.431 e. The van der Waals surface area contributed by atoms with Gasteiger partial charge in [0.1, 0.15) is 11.9 Å². The van der Waals surface area contributed by atoms with Crippen LogP contribution in [0.15, 0.2) is 24.3 Å². The minimum Gasteiger partial charge on any atom is -0.431 e. The normalized spacial score (nSPS) is 11.4. The van der Waals surface area contributed by atoms with Crippen LogP contribution in [0.25, 0.3) is 0 Å². The summed E-state index contributed by atoms with van der Waals surface area (Å²) in [7, 11) is 0. The molecular formula is C20H34O3. The minimum atomic E-state index is -0.637. The van der Waals surface area contributed by atoms with Gasteiger partial charge in [0, 0.05) is 0 Å². The molecule has 3 nitrogen and oxygen atoms in total. The summed E-state index contributed by atoms with van der Waals surface area (Å²) >= 11 is 0. The molecule has 0 bridgehead atoms. The van der Waals surface area contributed by atoms with Crippen LogP contribution in [0.2, 0.25) is 0 Å². The second-order valence-electron chi connectivity index (χ2n) is 6.17. The third-order valence-corrected chi connectivity index (χ3v) is 3.66. The summed E-state index contributed by atoms with van der Waals surface area (Å²) in [5.41, 5.74) is 1.26. The molecule has 0 aromatic heterocycles. The van der Waals surface area contributed by atoms with Crippen molar-refractivity contribution in [2.75, 3.05) is 0 Å². The molecule has 0 aliphatic rings. The van der Waals surface area contributed by atoms with Crippen LogP contribution in [0.4, 0.5) is 4.79 Å². The van der Waals surface area contributed by atoms with Gasteiger partial charge < -0.3 is 9.47 Å². The van der Waals surface area contributed by atoms with Gasteiger partial charge in [-0.2, -0.15) is 0 Å². The number of ether oxygens (including phenoxy) is 2. The molecule has 1 atom stereocenters. The lowest BCUT2D eigenvalue weighted by Gasteiger charge is -2.16. The average Bonchev–Trinajstić information content (AvgIpc) is 2.54. The maximum absolute atomic E-state index is 11.5. The van der Waals surface area contributed by atoms with Crippen molar-refractivity contribution in [3.05, 3.63) is 29.8 Å². The molecule has 0 N–H and O–H groups in total. The number of benzene rings is 1. The van der Waals surface area contributed by atoms with Crippen molar-refractivity contribution < 1.29 is 14.3 Å². The number of unbranched alkanes of at least 4 members (excludes halogenated alkanes) is 2. The van der Waals surface area contributed by atoms with E-state index in [1.807, 2.05) is 45.0 Å². The predicted molar refractivity (Wildman–Crippen MR) is 97.0 cm³/mol. The summed E-state index contributed by atoms with van der Waals surface area (Å²) < 4.78 is 10.3. The highest BCUT2D eigenvalue weighted by Crippen LogP contribution is 2.15. The van der Waals surface area contributed by atoms with Crippen molar-refractivity contribution in [3.8, 4) is 5.75 Å². The van der Waals surface area contributed by atoms with Crippen molar-refractivity contribution in [3.63, 3.8) is 0 Å². The number of hydrogen-bond acceptors (Lipinski definition) is 3. The second-order valence-corrected chi connectivity index (χ2v) is 6.17. The van der Waals surface area contributed by atoms with Gasteiger partial charge in [0.2, 0.25) is 0 Å². The first-order valence-electron chi connectivity index (χ1n) is 8.91. The lowest BCUT2D eigenvalue weighted by molar-refractivity contribution is 0.0466. The number of carbonyl (C=O) groups excluding carboxylic acids is 1. The Balaban J connectivity index is 0.00000108. The van der Waals surface area contributed by atoms with Crippen LogP contribution in [-0.4, -0.2) is 12.3 Å². The summed E-state index contributed by atoms with van der Waals surface area (Å²) in [6.07, 6.45) is 5.27. The lowest BCUT2D eigenvalue weighted by atomic mass is 10.1. The molecule has 0 saturated carbocycles. The van der Waals surface area contributed by atoms with Crippen LogP contribution in [0.3, 0.4) is 0 Å². The molecule has 1 unspecified atom stereocenters. The van der Waals surface area contributed by atoms with E-state index in [1.165, 1.54) is 31.2 Å². The molecule has 23 heavy (non-hydrogen) atoms. The van der Waals surface area contributed by atoms with E-state index in [2.05, 4.69) is 20.8 Å². The van der Waals surface area contributed by atoms with Crippen molar-refractivity contribution in [1.82, 2.24) is 0 Å². The fourth-order valence-electron chi connectivity index (χ4n) is 1.51. The molecule has 1 rings (SSSR count). The molecule has 0 aliphatic carbocycles. The maximum atomic E-state index is 11.5. The molecule has 0 spiro atoms. The van der Waals surface area contributed by atoms with Gasteiger partial charge in [-0.05, 0) is 43.4 Å². The number of aryl methyl sites for hydroxylation is 1. The molecule has 0 saturated heterocycles. The molecule has 0 amide bonds. The molecule has 0 aliphatic heterocycles. The highest BCUT2D eigenvalue weighted by Gasteiger charge is 2.14. The topological polar surface area (TPSA) is 35.5 Å². The molecule has 3 heteroatoms. The average molecular weight is 322 g/mol. The van der Waals surface area contributed by atoms with Crippen LogP contribution in [-0.2, 0) is 11.2 Å². The van der Waals surface area contributed by atoms with Crippen LogP contribution in [0.5, 0.6) is 5.75 Å². The Morgan fingerprint density at radius 1 is 0.957 bits per heavy atom. The van der Waals surface area contributed by atoms with Crippen LogP contribution in [0, 0.1) is 5.92 Å². The third-order valence-electron chi connectivity index (χ3n) is 3.66. The number of carbonyl (C=O) groups is 1. The van der Waals surface area contributed by atoms with E-state index in [4.69, 9.17) is 9.47 Å². The van der Waals surface area contributed by atoms with Gasteiger partial charge in [-0.25, -0.2) is 4.79 Å². The zero-order chi connectivity index (χ0) is 17.7. The summed E-state index contributed by atoms with van der Waals surface area (Å²) in [5.74, 6) is 0.810. The molecule has 1 aromatic carbocycles. The SMILES string of the molecule is CCCC.CCCCc1ccc(OC(=O)OC(C)C(C)C)cc1. The van der Waals surface area contributed by atoms with Crippen molar-refractivity contribution in [1.29, 1.82) is 0 Å². The number of rotatable bonds is 7. The van der Waals surface area contributed by atoms with Crippen LogP contribution in [0.1, 0.15) is 72.8 Å². The predicted octanol–water partition coefficient (Wildman–Crippen LogP) is 6.40. The highest BCUT2D eigenvalue weighted by molar-refractivity contribution is 5.64. The summed E-state index contributed by atoms with van der Waals surface area (Å²) in [4.78, 5) is 11.5. The molecular weight excluding hydrogens is 288 g/mol. The van der Waals surface area contributed by atoms with Gasteiger partial charge in [0.15, 0.2) is 0 Å². The van der Waals surface area contributed by atoms with Crippen molar-refractivity contribution in [2.24, 2.45) is 5.92 Å². The Kier molecular flexibility index (Phi) is 12.1. The quantitative estimate of drug-likeness (QED) is 0.430. The van der Waals surface area contributed by atoms with Crippen LogP contribution >= 0.6 is 0 Å². The van der Waals surface area contributed by atoms with E-state index in [0.29, 0.717) is 5.75 Å². The molecule has 132 valence electrons. The molecule has 0 heterocycles. The molecule has 0 fully saturated rings. The fourth-order valence-corrected chi connectivity index (χ4v) is 1.51. The van der Waals surface area contributed by atoms with Gasteiger partial charge in [-0.3, -0.25) is 0 Å². The van der Waals surface area contributed by atoms with Gasteiger partial charge >= 0.3 is 6.16 Å². The van der Waals surface area contributed by atoms with E-state index in [-0.39, 0.29) is 12.0 Å². The fraction of sp³-hybridized carbons (Fsp3) is 0.650. The second kappa shape index (κ2) is 13.0. The summed E-state index contributed by atoms with van der Waals surface area (Å²) in [6.45, 7) is 12.4. The monoisotopic (exact) mass is 322 g/mol. The first kappa shape index (κ1) is 21.5. The van der Waals surface area contributed by atoms with E-state index < -0.39 is 6.16 Å². The van der Waals surface area contributed by atoms with E-state index in [9.17, 15) is 4.79 Å². The number of hydrogen-bond donors (Lipinski definition) is 0. The van der Waals surface area contributed by atoms with Crippen molar-refractivity contribution >= 4 is 6.16 Å². The Morgan fingerprint density at radius 3 is 1.96 bits per heavy atom. The van der Waals surface area contributed by atoms with Gasteiger partial charge in [-0.15, -0.1) is 0 Å². The van der Waals surface area contributed by atoms with E-state index in [0.717, 1.165) is 6.42 Å². The highest BCUT2D eigenvalue weighted by atomic mass is 16.7. The summed E-state index contributed by atoms with van der Waals surface area (Å²) in [6, 6.07) is 7.60. The van der Waals surface area contributed by atoms with E-state index in [1.54, 1.807) is 0 Å². The molecule has 0 radical (unpaired) electrons. The first-order valence-corrected chi connectivity index (χ1v) is 8.91. The third kappa shape index (κ3) is 10.8. The summed E-state index contributed by atoms with van der Waals surface area (Å²) in [5, 5.41) is 0. The van der Waals surface area contributed by atoms with Crippen molar-refractivity contribution in [2.45, 2.75) is 79.8 Å². The standard InChI is InChI=1S/C16H24O3.C4H10/c1-5-6-7-14-8-10-15(11-9-14)19-16(17)18-13(4)12(2)3;1-3-4-2/h8-13H,5-7H2,1-4H3;3-4H2,1-2H3. The zero-order valence-electron chi connectivity index (χ0n) is 15.7. The molecule has 1 aromatic rings. The Bertz CT molecular complexity index is 407. The maximum Gasteiger partial charge on any atom is 0.514 e. The van der Waals surface area contributed by atoms with Crippen LogP contribution < -0.4 is 4.74 Å². The van der Waals surface area contributed by atoms with Gasteiger partial charge in [0.05, 0.1) is 0 Å².